The number of aliphatic imine (C=N–C) groups is 1. The molecule has 0 aliphatic rings. The molecule has 0 bridgehead atoms. The zero-order valence-corrected chi connectivity index (χ0v) is 18.5. The number of benzene rings is 1. The minimum Gasteiger partial charge on any atom is -0.356 e. The summed E-state index contributed by atoms with van der Waals surface area (Å²) in [7, 11) is 1.74. The fourth-order valence-corrected chi connectivity index (χ4v) is 3.08. The molecular weight excluding hydrogens is 483 g/mol. The summed E-state index contributed by atoms with van der Waals surface area (Å²) >= 11 is 7.43. The molecule has 0 saturated heterocycles. The van der Waals surface area contributed by atoms with E-state index in [0.29, 0.717) is 6.54 Å². The average Bonchev–Trinajstić information content (AvgIpc) is 3.14. The van der Waals surface area contributed by atoms with Gasteiger partial charge in [0.05, 0.1) is 4.88 Å². The van der Waals surface area contributed by atoms with Gasteiger partial charge in [-0.1, -0.05) is 29.8 Å². The predicted octanol–water partition coefficient (Wildman–Crippen LogP) is 3.55. The molecular formula is C18H24ClIN4OS. The van der Waals surface area contributed by atoms with E-state index in [2.05, 4.69) is 27.0 Å². The van der Waals surface area contributed by atoms with Crippen molar-refractivity contribution < 1.29 is 4.79 Å². The van der Waals surface area contributed by atoms with Gasteiger partial charge in [0.25, 0.3) is 5.91 Å². The highest BCUT2D eigenvalue weighted by Gasteiger charge is 2.04. The van der Waals surface area contributed by atoms with Gasteiger partial charge in [-0.3, -0.25) is 9.79 Å². The lowest BCUT2D eigenvalue weighted by Gasteiger charge is -2.12. The van der Waals surface area contributed by atoms with E-state index in [1.54, 1.807) is 7.05 Å². The molecule has 0 saturated carbocycles. The molecule has 0 aliphatic carbocycles. The first-order valence-electron chi connectivity index (χ1n) is 8.19. The van der Waals surface area contributed by atoms with Crippen LogP contribution in [0.25, 0.3) is 0 Å². The van der Waals surface area contributed by atoms with E-state index in [1.165, 1.54) is 16.9 Å². The van der Waals surface area contributed by atoms with Crippen molar-refractivity contribution in [2.45, 2.75) is 12.8 Å². The van der Waals surface area contributed by atoms with Crippen molar-refractivity contribution in [3.05, 3.63) is 57.2 Å². The Hall–Kier alpha value is -1.32. The average molecular weight is 507 g/mol. The van der Waals surface area contributed by atoms with Crippen molar-refractivity contribution in [2.24, 2.45) is 4.99 Å². The van der Waals surface area contributed by atoms with Gasteiger partial charge in [-0.05, 0) is 42.0 Å². The van der Waals surface area contributed by atoms with E-state index in [0.717, 1.165) is 41.8 Å². The highest BCUT2D eigenvalue weighted by molar-refractivity contribution is 14.0. The maximum Gasteiger partial charge on any atom is 0.261 e. The molecule has 1 aromatic carbocycles. The number of hydrogen-bond donors (Lipinski definition) is 3. The molecule has 0 atom stereocenters. The van der Waals surface area contributed by atoms with Gasteiger partial charge in [-0.2, -0.15) is 0 Å². The Kier molecular flexibility index (Phi) is 11.3. The molecule has 1 amide bonds. The van der Waals surface area contributed by atoms with Crippen LogP contribution in [-0.4, -0.2) is 38.5 Å². The van der Waals surface area contributed by atoms with Crippen molar-refractivity contribution in [1.29, 1.82) is 0 Å². The first-order valence-corrected chi connectivity index (χ1v) is 9.45. The van der Waals surface area contributed by atoms with Gasteiger partial charge in [0.2, 0.25) is 0 Å². The second-order valence-electron chi connectivity index (χ2n) is 5.39. The van der Waals surface area contributed by atoms with Crippen LogP contribution in [0.2, 0.25) is 5.02 Å². The molecule has 0 fully saturated rings. The number of thiophene rings is 1. The molecule has 1 heterocycles. The van der Waals surface area contributed by atoms with Crippen LogP contribution in [0.15, 0.2) is 46.8 Å². The molecule has 26 heavy (non-hydrogen) atoms. The molecule has 5 nitrogen and oxygen atoms in total. The second kappa shape index (κ2) is 12.9. The summed E-state index contributed by atoms with van der Waals surface area (Å²) in [4.78, 5) is 16.7. The summed E-state index contributed by atoms with van der Waals surface area (Å²) in [6.07, 6.45) is 1.70. The molecule has 2 rings (SSSR count). The van der Waals surface area contributed by atoms with Crippen molar-refractivity contribution >= 4 is 58.8 Å². The third-order valence-electron chi connectivity index (χ3n) is 3.50. The maximum atomic E-state index is 11.8. The highest BCUT2D eigenvalue weighted by Crippen LogP contribution is 2.10. The second-order valence-corrected chi connectivity index (χ2v) is 6.78. The molecule has 1 aromatic heterocycles. The minimum atomic E-state index is -0.0148. The maximum absolute atomic E-state index is 11.8. The number of rotatable bonds is 8. The molecule has 0 radical (unpaired) electrons. The van der Waals surface area contributed by atoms with Crippen LogP contribution in [0.5, 0.6) is 0 Å². The molecule has 2 aromatic rings. The van der Waals surface area contributed by atoms with Crippen molar-refractivity contribution in [3.8, 4) is 0 Å². The molecule has 0 spiro atoms. The molecule has 0 aliphatic heterocycles. The van der Waals surface area contributed by atoms with Crippen molar-refractivity contribution in [1.82, 2.24) is 16.0 Å². The Balaban J connectivity index is 0.00000338. The van der Waals surface area contributed by atoms with Gasteiger partial charge < -0.3 is 16.0 Å². The van der Waals surface area contributed by atoms with Gasteiger partial charge in [0.1, 0.15) is 0 Å². The van der Waals surface area contributed by atoms with Gasteiger partial charge in [0, 0.05) is 31.7 Å². The summed E-state index contributed by atoms with van der Waals surface area (Å²) in [6.45, 7) is 2.14. The fraction of sp³-hybridized carbons (Fsp3) is 0.333. The third kappa shape index (κ3) is 8.37. The van der Waals surface area contributed by atoms with Crippen LogP contribution in [0, 0.1) is 0 Å². The lowest BCUT2D eigenvalue weighted by molar-refractivity contribution is 0.0957. The number of carbonyl (C=O) groups is 1. The number of amides is 1. The molecule has 8 heteroatoms. The minimum absolute atomic E-state index is 0. The van der Waals surface area contributed by atoms with E-state index in [1.807, 2.05) is 35.7 Å². The summed E-state index contributed by atoms with van der Waals surface area (Å²) in [5, 5.41) is 12.1. The monoisotopic (exact) mass is 506 g/mol. The topological polar surface area (TPSA) is 65.5 Å². The first kappa shape index (κ1) is 22.7. The number of hydrogen-bond acceptors (Lipinski definition) is 3. The number of halogens is 2. The van der Waals surface area contributed by atoms with Gasteiger partial charge in [-0.25, -0.2) is 0 Å². The smallest absolute Gasteiger partial charge is 0.261 e. The van der Waals surface area contributed by atoms with Crippen LogP contribution in [-0.2, 0) is 6.42 Å². The fourth-order valence-electron chi connectivity index (χ4n) is 2.23. The Morgan fingerprint density at radius 2 is 1.88 bits per heavy atom. The Morgan fingerprint density at radius 3 is 2.58 bits per heavy atom. The number of nitrogens with one attached hydrogen (secondary N) is 3. The summed E-state index contributed by atoms with van der Waals surface area (Å²) < 4.78 is 0. The van der Waals surface area contributed by atoms with Gasteiger partial charge >= 0.3 is 0 Å². The van der Waals surface area contributed by atoms with Crippen LogP contribution in [0.1, 0.15) is 21.7 Å². The Bertz CT molecular complexity index is 694. The van der Waals surface area contributed by atoms with Crippen LogP contribution in [0.3, 0.4) is 0 Å². The summed E-state index contributed by atoms with van der Waals surface area (Å²) in [5.41, 5.74) is 1.19. The van der Waals surface area contributed by atoms with E-state index >= 15 is 0 Å². The highest BCUT2D eigenvalue weighted by atomic mass is 127. The molecule has 3 N–H and O–H groups in total. The van der Waals surface area contributed by atoms with E-state index in [-0.39, 0.29) is 29.9 Å². The van der Waals surface area contributed by atoms with Crippen molar-refractivity contribution in [3.63, 3.8) is 0 Å². The van der Waals surface area contributed by atoms with E-state index in [4.69, 9.17) is 11.6 Å². The number of nitrogens with zero attached hydrogens (tertiary/aromatic N) is 1. The van der Waals surface area contributed by atoms with Gasteiger partial charge in [0.15, 0.2) is 5.96 Å². The Labute approximate surface area is 180 Å². The standard InChI is InChI=1S/C18H23ClN4OS.HI/c1-20-18(23-11-8-14-5-2-6-15(19)13-14)22-10-4-9-21-17(24)16-7-3-12-25-16;/h2-3,5-7,12-13H,4,8-11H2,1H3,(H,21,24)(H2,20,22,23);1H. The first-order chi connectivity index (χ1) is 12.2. The van der Waals surface area contributed by atoms with Crippen molar-refractivity contribution in [2.75, 3.05) is 26.7 Å². The summed E-state index contributed by atoms with van der Waals surface area (Å²) in [5.74, 6) is 0.741. The van der Waals surface area contributed by atoms with Crippen LogP contribution < -0.4 is 16.0 Å². The van der Waals surface area contributed by atoms with Crippen LogP contribution >= 0.6 is 46.9 Å². The van der Waals surface area contributed by atoms with Gasteiger partial charge in [-0.15, -0.1) is 35.3 Å². The largest absolute Gasteiger partial charge is 0.356 e. The summed E-state index contributed by atoms with van der Waals surface area (Å²) in [6, 6.07) is 11.5. The van der Waals surface area contributed by atoms with E-state index in [9.17, 15) is 4.79 Å². The lowest BCUT2D eigenvalue weighted by atomic mass is 10.1. The number of carbonyl (C=O) groups excluding carboxylic acids is 1. The normalized spacial score (nSPS) is 10.8. The zero-order valence-electron chi connectivity index (χ0n) is 14.6. The predicted molar refractivity (Wildman–Crippen MR) is 121 cm³/mol. The Morgan fingerprint density at radius 1 is 1.12 bits per heavy atom. The molecule has 0 unspecified atom stereocenters. The number of guanidine groups is 1. The van der Waals surface area contributed by atoms with Crippen LogP contribution in [0.4, 0.5) is 0 Å². The third-order valence-corrected chi connectivity index (χ3v) is 4.60. The lowest BCUT2D eigenvalue weighted by Crippen LogP contribution is -2.39. The zero-order chi connectivity index (χ0) is 17.9. The quantitative estimate of drug-likeness (QED) is 0.222. The SMILES string of the molecule is CN=C(NCCCNC(=O)c1cccs1)NCCc1cccc(Cl)c1.I. The molecule has 142 valence electrons. The van der Waals surface area contributed by atoms with E-state index < -0.39 is 0 Å².